The Morgan fingerprint density at radius 3 is 2.77 bits per heavy atom. The maximum atomic E-state index is 12.2. The highest BCUT2D eigenvalue weighted by Crippen LogP contribution is 2.21. The maximum absolute atomic E-state index is 12.2. The van der Waals surface area contributed by atoms with Crippen molar-refractivity contribution in [3.05, 3.63) is 59.4 Å². The molecule has 6 heteroatoms. The van der Waals surface area contributed by atoms with Crippen LogP contribution in [0.2, 0.25) is 5.02 Å². The molecule has 0 saturated carbocycles. The normalized spacial score (nSPS) is 11.7. The molecule has 0 saturated heterocycles. The van der Waals surface area contributed by atoms with Crippen molar-refractivity contribution in [2.75, 3.05) is 6.61 Å². The van der Waals surface area contributed by atoms with Gasteiger partial charge in [-0.05, 0) is 43.3 Å². The highest BCUT2D eigenvalue weighted by Gasteiger charge is 2.18. The number of halogens is 1. The molecule has 1 unspecified atom stereocenters. The van der Waals surface area contributed by atoms with Crippen LogP contribution in [-0.4, -0.2) is 22.1 Å². The molecule has 0 spiro atoms. The number of rotatable bonds is 6. The second kappa shape index (κ2) is 7.94. The van der Waals surface area contributed by atoms with E-state index in [1.807, 2.05) is 35.8 Å². The highest BCUT2D eigenvalue weighted by molar-refractivity contribution is 6.30. The van der Waals surface area contributed by atoms with Crippen LogP contribution in [0.4, 0.5) is 0 Å². The average Bonchev–Trinajstić information content (AvgIpc) is 3.00. The number of hydrogen-bond donors (Lipinski definition) is 1. The molecule has 2 aromatic carbocycles. The van der Waals surface area contributed by atoms with Crippen LogP contribution < -0.4 is 10.1 Å². The van der Waals surface area contributed by atoms with E-state index in [4.69, 9.17) is 22.8 Å². The van der Waals surface area contributed by atoms with Crippen LogP contribution in [0.5, 0.6) is 5.75 Å². The molecule has 3 rings (SSSR count). The van der Waals surface area contributed by atoms with E-state index in [2.05, 4.69) is 16.2 Å². The number of para-hydroxylation sites is 2. The van der Waals surface area contributed by atoms with Crippen molar-refractivity contribution >= 4 is 28.5 Å². The summed E-state index contributed by atoms with van der Waals surface area (Å²) in [5.41, 5.74) is 1.79. The van der Waals surface area contributed by atoms with E-state index in [1.165, 1.54) is 0 Å². The maximum Gasteiger partial charge on any atom is 0.258 e. The summed E-state index contributed by atoms with van der Waals surface area (Å²) in [5, 5.41) is 3.51. The number of carbonyl (C=O) groups excluding carboxylic acids is 1. The van der Waals surface area contributed by atoms with Gasteiger partial charge in [-0.25, -0.2) is 4.98 Å². The minimum absolute atomic E-state index is 0.0959. The van der Waals surface area contributed by atoms with Crippen LogP contribution in [0.1, 0.15) is 18.8 Å². The predicted molar refractivity (Wildman–Crippen MR) is 102 cm³/mol. The highest BCUT2D eigenvalue weighted by atomic mass is 35.5. The molecule has 26 heavy (non-hydrogen) atoms. The van der Waals surface area contributed by atoms with Gasteiger partial charge in [0, 0.05) is 5.02 Å². The third-order valence-corrected chi connectivity index (χ3v) is 4.13. The van der Waals surface area contributed by atoms with Gasteiger partial charge in [0.2, 0.25) is 0 Å². The van der Waals surface area contributed by atoms with Gasteiger partial charge in [-0.2, -0.15) is 0 Å². The molecule has 1 N–H and O–H groups in total. The Balaban J connectivity index is 1.69. The summed E-state index contributed by atoms with van der Waals surface area (Å²) in [6.45, 7) is 2.16. The molecule has 1 aromatic heterocycles. The number of ether oxygens (including phenoxy) is 1. The van der Waals surface area contributed by atoms with Gasteiger partial charge in [-0.1, -0.05) is 29.7 Å². The lowest BCUT2D eigenvalue weighted by Crippen LogP contribution is -2.32. The van der Waals surface area contributed by atoms with E-state index >= 15 is 0 Å². The first-order chi connectivity index (χ1) is 12.6. The van der Waals surface area contributed by atoms with E-state index in [0.717, 1.165) is 11.0 Å². The number of benzene rings is 2. The van der Waals surface area contributed by atoms with Crippen molar-refractivity contribution in [2.24, 2.45) is 0 Å². The summed E-state index contributed by atoms with van der Waals surface area (Å²) in [6, 6.07) is 14.3. The summed E-state index contributed by atoms with van der Waals surface area (Å²) < 4.78 is 7.40. The second-order valence-corrected chi connectivity index (χ2v) is 6.22. The molecule has 0 radical (unpaired) electrons. The molecule has 0 aliphatic carbocycles. The first-order valence-electron chi connectivity index (χ1n) is 8.15. The quantitative estimate of drug-likeness (QED) is 0.677. The first-order valence-corrected chi connectivity index (χ1v) is 8.52. The van der Waals surface area contributed by atoms with E-state index in [-0.39, 0.29) is 18.6 Å². The Morgan fingerprint density at radius 2 is 2.04 bits per heavy atom. The predicted octanol–water partition coefficient (Wildman–Crippen LogP) is 3.58. The molecule has 0 bridgehead atoms. The Bertz CT molecular complexity index is 957. The molecule has 0 fully saturated rings. The third-order valence-electron chi connectivity index (χ3n) is 3.88. The largest absolute Gasteiger partial charge is 0.484 e. The van der Waals surface area contributed by atoms with Crippen LogP contribution in [0, 0.1) is 12.3 Å². The number of carbonyl (C=O) groups is 1. The first kappa shape index (κ1) is 17.8. The van der Waals surface area contributed by atoms with Crippen LogP contribution in [0.25, 0.3) is 11.0 Å². The van der Waals surface area contributed by atoms with Gasteiger partial charge in [0.1, 0.15) is 11.6 Å². The Hall–Kier alpha value is -2.97. The van der Waals surface area contributed by atoms with Crippen molar-refractivity contribution in [1.82, 2.24) is 14.9 Å². The number of hydrogen-bond acceptors (Lipinski definition) is 3. The molecule has 3 aromatic rings. The molecule has 1 atom stereocenters. The van der Waals surface area contributed by atoms with E-state index < -0.39 is 0 Å². The monoisotopic (exact) mass is 367 g/mol. The molecular weight excluding hydrogens is 350 g/mol. The van der Waals surface area contributed by atoms with Crippen molar-refractivity contribution in [1.29, 1.82) is 0 Å². The second-order valence-electron chi connectivity index (χ2n) is 5.78. The number of nitrogens with one attached hydrogen (secondary N) is 1. The Labute approximate surface area is 156 Å². The van der Waals surface area contributed by atoms with Crippen molar-refractivity contribution in [3.63, 3.8) is 0 Å². The topological polar surface area (TPSA) is 56.2 Å². The fourth-order valence-electron chi connectivity index (χ4n) is 2.71. The number of amides is 1. The molecule has 5 nitrogen and oxygen atoms in total. The smallest absolute Gasteiger partial charge is 0.258 e. The summed E-state index contributed by atoms with van der Waals surface area (Å²) >= 11 is 5.83. The summed E-state index contributed by atoms with van der Waals surface area (Å²) in [4.78, 5) is 16.8. The molecular formula is C20H18ClN3O2. The third kappa shape index (κ3) is 3.98. The minimum Gasteiger partial charge on any atom is -0.484 e. The minimum atomic E-state index is -0.308. The number of aromatic nitrogens is 2. The number of imidazole rings is 1. The zero-order valence-corrected chi connectivity index (χ0v) is 15.0. The summed E-state index contributed by atoms with van der Waals surface area (Å²) in [5.74, 6) is 3.69. The molecule has 1 heterocycles. The lowest BCUT2D eigenvalue weighted by atomic mass is 10.3. The van der Waals surface area contributed by atoms with E-state index in [9.17, 15) is 4.79 Å². The van der Waals surface area contributed by atoms with Gasteiger partial charge in [-0.3, -0.25) is 4.79 Å². The van der Waals surface area contributed by atoms with Crippen molar-refractivity contribution in [3.8, 4) is 18.1 Å². The van der Waals surface area contributed by atoms with Crippen LogP contribution in [0.15, 0.2) is 48.5 Å². The SMILES string of the molecule is C#CCn1c(C(C)NC(=O)COc2ccc(Cl)cc2)nc2ccccc21. The van der Waals surface area contributed by atoms with Gasteiger partial charge in [-0.15, -0.1) is 6.42 Å². The van der Waals surface area contributed by atoms with Crippen LogP contribution in [-0.2, 0) is 11.3 Å². The zero-order valence-electron chi connectivity index (χ0n) is 14.3. The fraction of sp³-hybridized carbons (Fsp3) is 0.200. The van der Waals surface area contributed by atoms with Gasteiger partial charge >= 0.3 is 0 Å². The van der Waals surface area contributed by atoms with Crippen molar-refractivity contribution < 1.29 is 9.53 Å². The zero-order chi connectivity index (χ0) is 18.5. The molecule has 0 aliphatic rings. The van der Waals surface area contributed by atoms with E-state index in [1.54, 1.807) is 24.3 Å². The van der Waals surface area contributed by atoms with Crippen molar-refractivity contribution in [2.45, 2.75) is 19.5 Å². The summed E-state index contributed by atoms with van der Waals surface area (Å²) in [6.07, 6.45) is 5.49. The van der Waals surface area contributed by atoms with E-state index in [0.29, 0.717) is 23.1 Å². The standard InChI is InChI=1S/C20H18ClN3O2/c1-3-12-24-18-7-5-4-6-17(18)23-20(24)14(2)22-19(25)13-26-16-10-8-15(21)9-11-16/h1,4-11,14H,12-13H2,2H3,(H,22,25). The Morgan fingerprint density at radius 1 is 1.31 bits per heavy atom. The van der Waals surface area contributed by atoms with Gasteiger partial charge in [0.05, 0.1) is 23.6 Å². The number of fused-ring (bicyclic) bond motifs is 1. The molecule has 0 aliphatic heterocycles. The lowest BCUT2D eigenvalue weighted by Gasteiger charge is -2.15. The summed E-state index contributed by atoms with van der Waals surface area (Å²) in [7, 11) is 0. The van der Waals surface area contributed by atoms with Crippen LogP contribution in [0.3, 0.4) is 0 Å². The van der Waals surface area contributed by atoms with Gasteiger partial charge < -0.3 is 14.6 Å². The molecule has 132 valence electrons. The Kier molecular flexibility index (Phi) is 5.45. The van der Waals surface area contributed by atoms with Gasteiger partial charge in [0.25, 0.3) is 5.91 Å². The average molecular weight is 368 g/mol. The lowest BCUT2D eigenvalue weighted by molar-refractivity contribution is -0.123. The number of nitrogens with zero attached hydrogens (tertiary/aromatic N) is 2. The molecule has 1 amide bonds. The fourth-order valence-corrected chi connectivity index (χ4v) is 2.84. The van der Waals surface area contributed by atoms with Crippen LogP contribution >= 0.6 is 11.6 Å². The van der Waals surface area contributed by atoms with Gasteiger partial charge in [0.15, 0.2) is 6.61 Å². The number of terminal acetylenes is 1.